The highest BCUT2D eigenvalue weighted by atomic mass is 127. The molecule has 0 bridgehead atoms. The summed E-state index contributed by atoms with van der Waals surface area (Å²) in [4.78, 5) is 4.10. The number of hydrogen-bond acceptors (Lipinski definition) is 1. The van der Waals surface area contributed by atoms with Gasteiger partial charge in [0.05, 0.1) is 0 Å². The molecule has 0 heterocycles. The molecule has 17 heavy (non-hydrogen) atoms. The first-order chi connectivity index (χ1) is 7.60. The fraction of sp³-hybridized carbons (Fsp3) is 0.462. The predicted octanol–water partition coefficient (Wildman–Crippen LogP) is 2.38. The van der Waals surface area contributed by atoms with Crippen LogP contribution in [0, 0.1) is 0 Å². The molecule has 0 radical (unpaired) electrons. The first-order valence-corrected chi connectivity index (χ1v) is 5.54. The summed E-state index contributed by atoms with van der Waals surface area (Å²) in [6.07, 6.45) is 0. The Hall–Kier alpha value is -0.780. The molecule has 0 saturated heterocycles. The molecule has 1 rings (SSSR count). The molecule has 1 aromatic rings. The second-order valence-electron chi connectivity index (χ2n) is 4.43. The van der Waals surface area contributed by atoms with Crippen LogP contribution in [0.2, 0.25) is 0 Å². The Morgan fingerprint density at radius 1 is 1.24 bits per heavy atom. The van der Waals surface area contributed by atoms with Crippen LogP contribution in [0.3, 0.4) is 0 Å². The SMILES string of the molecule is CN=C(NC)NCC(C)(C)c1ccccc1.I. The lowest BCUT2D eigenvalue weighted by atomic mass is 9.85. The van der Waals surface area contributed by atoms with E-state index in [1.807, 2.05) is 13.1 Å². The lowest BCUT2D eigenvalue weighted by Crippen LogP contribution is -2.42. The minimum absolute atomic E-state index is 0. The first-order valence-electron chi connectivity index (χ1n) is 5.54. The number of aliphatic imine (C=N–C) groups is 1. The summed E-state index contributed by atoms with van der Waals surface area (Å²) in [5.74, 6) is 0.823. The summed E-state index contributed by atoms with van der Waals surface area (Å²) in [6, 6.07) is 10.5. The van der Waals surface area contributed by atoms with Crippen molar-refractivity contribution in [2.75, 3.05) is 20.6 Å². The molecule has 0 aliphatic rings. The zero-order valence-corrected chi connectivity index (χ0v) is 13.3. The van der Waals surface area contributed by atoms with Gasteiger partial charge in [0.25, 0.3) is 0 Å². The Morgan fingerprint density at radius 3 is 2.29 bits per heavy atom. The van der Waals surface area contributed by atoms with E-state index in [1.54, 1.807) is 7.05 Å². The lowest BCUT2D eigenvalue weighted by Gasteiger charge is -2.26. The number of guanidine groups is 1. The molecule has 0 saturated carbocycles. The van der Waals surface area contributed by atoms with Crippen LogP contribution in [0.15, 0.2) is 35.3 Å². The summed E-state index contributed by atoms with van der Waals surface area (Å²) in [6.45, 7) is 5.29. The van der Waals surface area contributed by atoms with Crippen molar-refractivity contribution in [3.63, 3.8) is 0 Å². The van der Waals surface area contributed by atoms with E-state index in [-0.39, 0.29) is 29.4 Å². The minimum atomic E-state index is 0. The molecule has 0 fully saturated rings. The Kier molecular flexibility index (Phi) is 7.18. The molecule has 0 amide bonds. The third-order valence-corrected chi connectivity index (χ3v) is 2.71. The standard InChI is InChI=1S/C13H21N3.HI/c1-13(2,10-16-12(14-3)15-4)11-8-6-5-7-9-11;/h5-9H,10H2,1-4H3,(H2,14,15,16);1H. The molecule has 0 unspecified atom stereocenters. The number of nitrogens with one attached hydrogen (secondary N) is 2. The van der Waals surface area contributed by atoms with Gasteiger partial charge in [0.15, 0.2) is 5.96 Å². The number of hydrogen-bond donors (Lipinski definition) is 2. The fourth-order valence-corrected chi connectivity index (χ4v) is 1.58. The Bertz CT molecular complexity index is 347. The van der Waals surface area contributed by atoms with Gasteiger partial charge >= 0.3 is 0 Å². The second kappa shape index (κ2) is 7.53. The quantitative estimate of drug-likeness (QED) is 0.500. The Balaban J connectivity index is 0.00000256. The van der Waals surface area contributed by atoms with E-state index in [4.69, 9.17) is 0 Å². The molecular weight excluding hydrogens is 325 g/mol. The van der Waals surface area contributed by atoms with Crippen LogP contribution in [0.4, 0.5) is 0 Å². The molecule has 0 spiro atoms. The molecule has 2 N–H and O–H groups in total. The van der Waals surface area contributed by atoms with E-state index in [2.05, 4.69) is 53.7 Å². The van der Waals surface area contributed by atoms with Gasteiger partial charge in [-0.05, 0) is 5.56 Å². The van der Waals surface area contributed by atoms with E-state index in [9.17, 15) is 0 Å². The zero-order valence-electron chi connectivity index (χ0n) is 10.9. The van der Waals surface area contributed by atoms with E-state index in [0.29, 0.717) is 0 Å². The van der Waals surface area contributed by atoms with Crippen molar-refractivity contribution in [2.24, 2.45) is 4.99 Å². The predicted molar refractivity (Wildman–Crippen MR) is 85.3 cm³/mol. The maximum Gasteiger partial charge on any atom is 0.190 e. The highest BCUT2D eigenvalue weighted by molar-refractivity contribution is 14.0. The van der Waals surface area contributed by atoms with E-state index >= 15 is 0 Å². The van der Waals surface area contributed by atoms with E-state index < -0.39 is 0 Å². The number of nitrogens with zero attached hydrogens (tertiary/aromatic N) is 1. The van der Waals surface area contributed by atoms with Crippen molar-refractivity contribution in [2.45, 2.75) is 19.3 Å². The fourth-order valence-electron chi connectivity index (χ4n) is 1.58. The Morgan fingerprint density at radius 2 is 1.82 bits per heavy atom. The molecule has 96 valence electrons. The topological polar surface area (TPSA) is 36.4 Å². The van der Waals surface area contributed by atoms with Crippen LogP contribution in [-0.4, -0.2) is 26.6 Å². The molecule has 3 nitrogen and oxygen atoms in total. The van der Waals surface area contributed by atoms with Gasteiger partial charge in [-0.25, -0.2) is 0 Å². The Labute approximate surface area is 121 Å². The molecule has 0 aliphatic heterocycles. The second-order valence-corrected chi connectivity index (χ2v) is 4.43. The number of rotatable bonds is 3. The van der Waals surface area contributed by atoms with Crippen molar-refractivity contribution < 1.29 is 0 Å². The van der Waals surface area contributed by atoms with Gasteiger partial charge in [0.2, 0.25) is 0 Å². The van der Waals surface area contributed by atoms with Crippen LogP contribution < -0.4 is 10.6 Å². The molecule has 0 aliphatic carbocycles. The van der Waals surface area contributed by atoms with Crippen LogP contribution >= 0.6 is 24.0 Å². The third-order valence-electron chi connectivity index (χ3n) is 2.71. The molecular formula is C13H22IN3. The first kappa shape index (κ1) is 16.2. The van der Waals surface area contributed by atoms with Gasteiger partial charge < -0.3 is 10.6 Å². The van der Waals surface area contributed by atoms with Gasteiger partial charge in [-0.15, -0.1) is 24.0 Å². The van der Waals surface area contributed by atoms with Gasteiger partial charge in [-0.1, -0.05) is 44.2 Å². The van der Waals surface area contributed by atoms with Crippen molar-refractivity contribution in [1.82, 2.24) is 10.6 Å². The highest BCUT2D eigenvalue weighted by Crippen LogP contribution is 2.21. The summed E-state index contributed by atoms with van der Waals surface area (Å²) in [5, 5.41) is 6.31. The number of halogens is 1. The lowest BCUT2D eigenvalue weighted by molar-refractivity contribution is 0.510. The van der Waals surface area contributed by atoms with Crippen LogP contribution in [0.25, 0.3) is 0 Å². The maximum atomic E-state index is 4.10. The van der Waals surface area contributed by atoms with Crippen LogP contribution in [-0.2, 0) is 5.41 Å². The van der Waals surface area contributed by atoms with Gasteiger partial charge in [-0.3, -0.25) is 4.99 Å². The maximum absolute atomic E-state index is 4.10. The van der Waals surface area contributed by atoms with Gasteiger partial charge in [0.1, 0.15) is 0 Å². The van der Waals surface area contributed by atoms with Gasteiger partial charge in [-0.2, -0.15) is 0 Å². The molecule has 1 aromatic carbocycles. The highest BCUT2D eigenvalue weighted by Gasteiger charge is 2.20. The van der Waals surface area contributed by atoms with Gasteiger partial charge in [0, 0.05) is 26.1 Å². The number of benzene rings is 1. The average Bonchev–Trinajstić information content (AvgIpc) is 2.31. The van der Waals surface area contributed by atoms with Crippen molar-refractivity contribution >= 4 is 29.9 Å². The van der Waals surface area contributed by atoms with Crippen LogP contribution in [0.5, 0.6) is 0 Å². The average molecular weight is 347 g/mol. The third kappa shape index (κ3) is 4.93. The summed E-state index contributed by atoms with van der Waals surface area (Å²) in [5.41, 5.74) is 1.42. The van der Waals surface area contributed by atoms with Crippen molar-refractivity contribution in [3.8, 4) is 0 Å². The molecule has 0 atom stereocenters. The van der Waals surface area contributed by atoms with Crippen molar-refractivity contribution in [3.05, 3.63) is 35.9 Å². The van der Waals surface area contributed by atoms with Crippen molar-refractivity contribution in [1.29, 1.82) is 0 Å². The monoisotopic (exact) mass is 347 g/mol. The normalized spacial score (nSPS) is 11.6. The summed E-state index contributed by atoms with van der Waals surface area (Å²) in [7, 11) is 3.64. The minimum Gasteiger partial charge on any atom is -0.359 e. The summed E-state index contributed by atoms with van der Waals surface area (Å²) >= 11 is 0. The molecule has 4 heteroatoms. The van der Waals surface area contributed by atoms with E-state index in [0.717, 1.165) is 12.5 Å². The zero-order chi connectivity index (χ0) is 12.0. The van der Waals surface area contributed by atoms with Crippen LogP contribution in [0.1, 0.15) is 19.4 Å². The molecule has 0 aromatic heterocycles. The summed E-state index contributed by atoms with van der Waals surface area (Å²) < 4.78 is 0. The smallest absolute Gasteiger partial charge is 0.190 e. The largest absolute Gasteiger partial charge is 0.359 e. The van der Waals surface area contributed by atoms with E-state index in [1.165, 1.54) is 5.56 Å².